The molecular weight excluding hydrogens is 422 g/mol. The summed E-state index contributed by atoms with van der Waals surface area (Å²) in [5, 5.41) is 13.2. The predicted molar refractivity (Wildman–Crippen MR) is 117 cm³/mol. The molecule has 0 bridgehead atoms. The minimum Gasteiger partial charge on any atom is -0.465 e. The Morgan fingerprint density at radius 3 is 2.93 bits per heavy atom. The summed E-state index contributed by atoms with van der Waals surface area (Å²) in [4.78, 5) is 30.9. The largest absolute Gasteiger partial charge is 0.465 e. The molecule has 8 nitrogen and oxygen atoms in total. The lowest BCUT2D eigenvalue weighted by atomic mass is 9.89. The Morgan fingerprint density at radius 2 is 2.17 bits per heavy atom. The molecule has 1 atom stereocenters. The zero-order valence-corrected chi connectivity index (χ0v) is 19.0. The number of aromatic nitrogens is 4. The second-order valence-corrected chi connectivity index (χ2v) is 9.45. The first-order valence-corrected chi connectivity index (χ1v) is 12.0. The summed E-state index contributed by atoms with van der Waals surface area (Å²) in [6, 6.07) is 0. The topological polar surface area (TPSA) is 98.5 Å². The summed E-state index contributed by atoms with van der Waals surface area (Å²) in [6.45, 7) is 6.25. The Hall–Kier alpha value is -2.20. The van der Waals surface area contributed by atoms with Gasteiger partial charge in [-0.2, -0.15) is 0 Å². The average Bonchev–Trinajstić information content (AvgIpc) is 3.30. The van der Waals surface area contributed by atoms with E-state index in [1.54, 1.807) is 18.3 Å². The minimum atomic E-state index is -0.444. The maximum atomic E-state index is 12.1. The number of rotatable bonds is 7. The molecule has 0 radical (unpaired) electrons. The lowest BCUT2D eigenvalue weighted by Crippen LogP contribution is -2.31. The number of thiophene rings is 1. The normalized spacial score (nSPS) is 16.0. The van der Waals surface area contributed by atoms with Crippen LogP contribution in [0.3, 0.4) is 0 Å². The molecule has 1 aliphatic rings. The number of hydrogen-bond acceptors (Lipinski definition) is 8. The lowest BCUT2D eigenvalue weighted by Gasteiger charge is -2.17. The number of carbonyl (C=O) groups excluding carboxylic acids is 2. The van der Waals surface area contributed by atoms with Crippen molar-refractivity contribution in [3.05, 3.63) is 16.3 Å². The van der Waals surface area contributed by atoms with Crippen LogP contribution >= 0.6 is 23.1 Å². The van der Waals surface area contributed by atoms with Gasteiger partial charge in [0.2, 0.25) is 5.91 Å². The molecule has 0 fully saturated rings. The van der Waals surface area contributed by atoms with E-state index in [0.717, 1.165) is 41.0 Å². The number of nitrogens with zero attached hydrogens (tertiary/aromatic N) is 4. The second-order valence-electron chi connectivity index (χ2n) is 7.43. The highest BCUT2D eigenvalue weighted by Crippen LogP contribution is 2.39. The highest BCUT2D eigenvalue weighted by molar-refractivity contribution is 7.99. The molecule has 0 saturated heterocycles. The molecule has 0 spiro atoms. The summed E-state index contributed by atoms with van der Waals surface area (Å²) < 4.78 is 6.80. The van der Waals surface area contributed by atoms with Crippen molar-refractivity contribution in [2.24, 2.45) is 5.92 Å². The van der Waals surface area contributed by atoms with Crippen molar-refractivity contribution in [3.63, 3.8) is 0 Å². The molecule has 3 aromatic rings. The Labute approximate surface area is 182 Å². The van der Waals surface area contributed by atoms with Gasteiger partial charge < -0.3 is 10.1 Å². The fourth-order valence-corrected chi connectivity index (χ4v) is 5.95. The van der Waals surface area contributed by atoms with Crippen LogP contribution in [0.1, 0.15) is 43.5 Å². The zero-order chi connectivity index (χ0) is 21.3. The molecule has 1 aliphatic carbocycles. The summed E-state index contributed by atoms with van der Waals surface area (Å²) >= 11 is 3.08. The van der Waals surface area contributed by atoms with Crippen molar-refractivity contribution in [3.8, 4) is 0 Å². The standard InChI is InChI=1S/C20H25N5O3S2/c1-4-14-22-19-17(12-7-6-11(3)8-13(12)30-19)18-23-24-20(25(14)18)29-10-15(26)21-9-16(27)28-5-2/h11H,4-10H2,1-3H3,(H,21,26)/t11-/m1/s1. The van der Waals surface area contributed by atoms with E-state index in [-0.39, 0.29) is 18.2 Å². The lowest BCUT2D eigenvalue weighted by molar-refractivity contribution is -0.143. The molecule has 0 aromatic carbocycles. The van der Waals surface area contributed by atoms with Crippen LogP contribution < -0.4 is 5.32 Å². The van der Waals surface area contributed by atoms with Crippen LogP contribution in [0.15, 0.2) is 5.16 Å². The number of nitrogens with one attached hydrogen (secondary N) is 1. The predicted octanol–water partition coefficient (Wildman–Crippen LogP) is 2.80. The number of fused-ring (bicyclic) bond motifs is 5. The molecule has 3 aromatic heterocycles. The Kier molecular flexibility index (Phi) is 6.24. The van der Waals surface area contributed by atoms with E-state index >= 15 is 0 Å². The molecule has 1 N–H and O–H groups in total. The van der Waals surface area contributed by atoms with Crippen LogP contribution in [0.4, 0.5) is 0 Å². The highest BCUT2D eigenvalue weighted by Gasteiger charge is 2.25. The van der Waals surface area contributed by atoms with E-state index in [4.69, 9.17) is 9.72 Å². The van der Waals surface area contributed by atoms with Gasteiger partial charge in [0.25, 0.3) is 0 Å². The van der Waals surface area contributed by atoms with Crippen LogP contribution in [0.2, 0.25) is 0 Å². The second kappa shape index (κ2) is 8.89. The van der Waals surface area contributed by atoms with Crippen LogP contribution in [0, 0.1) is 5.92 Å². The summed E-state index contributed by atoms with van der Waals surface area (Å²) in [5.41, 5.74) is 2.20. The molecule has 0 unspecified atom stereocenters. The quantitative estimate of drug-likeness (QED) is 0.439. The van der Waals surface area contributed by atoms with Gasteiger partial charge in [0.1, 0.15) is 17.2 Å². The summed E-state index contributed by atoms with van der Waals surface area (Å²) in [7, 11) is 0. The maximum Gasteiger partial charge on any atom is 0.325 e. The van der Waals surface area contributed by atoms with E-state index in [2.05, 4.69) is 29.4 Å². The first-order valence-electron chi connectivity index (χ1n) is 10.2. The first kappa shape index (κ1) is 21.0. The van der Waals surface area contributed by atoms with Crippen LogP contribution in [-0.2, 0) is 33.6 Å². The van der Waals surface area contributed by atoms with Crippen molar-refractivity contribution in [2.45, 2.75) is 51.6 Å². The molecule has 4 rings (SSSR count). The van der Waals surface area contributed by atoms with Gasteiger partial charge in [-0.3, -0.25) is 14.0 Å². The maximum absolute atomic E-state index is 12.1. The van der Waals surface area contributed by atoms with Crippen LogP contribution in [0.25, 0.3) is 15.9 Å². The van der Waals surface area contributed by atoms with Crippen molar-refractivity contribution < 1.29 is 14.3 Å². The smallest absolute Gasteiger partial charge is 0.325 e. The minimum absolute atomic E-state index is 0.129. The van der Waals surface area contributed by atoms with Crippen molar-refractivity contribution in [1.82, 2.24) is 24.9 Å². The average molecular weight is 448 g/mol. The highest BCUT2D eigenvalue weighted by atomic mass is 32.2. The number of ether oxygens (including phenoxy) is 1. The molecule has 160 valence electrons. The van der Waals surface area contributed by atoms with Gasteiger partial charge in [-0.05, 0) is 37.7 Å². The van der Waals surface area contributed by atoms with Gasteiger partial charge in [-0.15, -0.1) is 21.5 Å². The van der Waals surface area contributed by atoms with Crippen molar-refractivity contribution in [1.29, 1.82) is 0 Å². The molecule has 1 amide bonds. The van der Waals surface area contributed by atoms with E-state index in [1.807, 2.05) is 4.40 Å². The van der Waals surface area contributed by atoms with E-state index < -0.39 is 5.97 Å². The number of aryl methyl sites for hydroxylation is 2. The number of hydrogen-bond donors (Lipinski definition) is 1. The SMILES string of the molecule is CCOC(=O)CNC(=O)CSc1nnc2c3c4c(sc3nc(CC)n12)C[C@H](C)CC4. The van der Waals surface area contributed by atoms with Gasteiger partial charge in [0, 0.05) is 11.3 Å². The molecular formula is C20H25N5O3S2. The number of thioether (sulfide) groups is 1. The van der Waals surface area contributed by atoms with Crippen molar-refractivity contribution >= 4 is 50.8 Å². The fourth-order valence-electron chi connectivity index (χ4n) is 3.77. The summed E-state index contributed by atoms with van der Waals surface area (Å²) in [5.74, 6) is 1.03. The Morgan fingerprint density at radius 1 is 1.33 bits per heavy atom. The summed E-state index contributed by atoms with van der Waals surface area (Å²) in [6.07, 6.45) is 4.06. The zero-order valence-electron chi connectivity index (χ0n) is 17.4. The van der Waals surface area contributed by atoms with Gasteiger partial charge in [-0.25, -0.2) is 4.98 Å². The van der Waals surface area contributed by atoms with E-state index in [1.165, 1.54) is 28.6 Å². The number of carbonyl (C=O) groups is 2. The first-order chi connectivity index (χ1) is 14.5. The monoisotopic (exact) mass is 447 g/mol. The van der Waals surface area contributed by atoms with E-state index in [9.17, 15) is 9.59 Å². The van der Waals surface area contributed by atoms with Gasteiger partial charge in [-0.1, -0.05) is 25.6 Å². The van der Waals surface area contributed by atoms with Crippen LogP contribution in [-0.4, -0.2) is 50.4 Å². The Balaban J connectivity index is 1.60. The van der Waals surface area contributed by atoms with Gasteiger partial charge >= 0.3 is 5.97 Å². The fraction of sp³-hybridized carbons (Fsp3) is 0.550. The third kappa shape index (κ3) is 4.02. The molecule has 0 saturated carbocycles. The third-order valence-electron chi connectivity index (χ3n) is 5.22. The van der Waals surface area contributed by atoms with Crippen molar-refractivity contribution in [2.75, 3.05) is 18.9 Å². The third-order valence-corrected chi connectivity index (χ3v) is 7.30. The molecule has 30 heavy (non-hydrogen) atoms. The Bertz CT molecular complexity index is 1110. The molecule has 10 heteroatoms. The van der Waals surface area contributed by atoms with Gasteiger partial charge in [0.05, 0.1) is 17.7 Å². The number of amides is 1. The molecule has 3 heterocycles. The van der Waals surface area contributed by atoms with E-state index in [0.29, 0.717) is 17.7 Å². The van der Waals surface area contributed by atoms with Gasteiger partial charge in [0.15, 0.2) is 10.8 Å². The molecule has 0 aliphatic heterocycles. The van der Waals surface area contributed by atoms with Crippen LogP contribution in [0.5, 0.6) is 0 Å². The number of esters is 1.